The second kappa shape index (κ2) is 10.7. The molecule has 0 saturated carbocycles. The lowest BCUT2D eigenvalue weighted by atomic mass is 10.0. The molecule has 2 rings (SSSR count). The lowest BCUT2D eigenvalue weighted by molar-refractivity contribution is -0.137. The number of anilines is 1. The molecule has 2 aromatic carbocycles. The van der Waals surface area contributed by atoms with Crippen molar-refractivity contribution in [2.24, 2.45) is 5.92 Å². The normalized spacial score (nSPS) is 11.9. The van der Waals surface area contributed by atoms with E-state index in [-0.39, 0.29) is 29.5 Å². The number of methoxy groups -OCH3 is 2. The Morgan fingerprint density at radius 3 is 2.45 bits per heavy atom. The molecule has 0 saturated heterocycles. The molecule has 1 N–H and O–H groups in total. The van der Waals surface area contributed by atoms with Gasteiger partial charge in [-0.25, -0.2) is 4.79 Å². The quantitative estimate of drug-likeness (QED) is 0.318. The molecule has 0 amide bonds. The van der Waals surface area contributed by atoms with Gasteiger partial charge in [0.05, 0.1) is 26.0 Å². The zero-order valence-electron chi connectivity index (χ0n) is 17.9. The van der Waals surface area contributed by atoms with Crippen molar-refractivity contribution in [2.45, 2.75) is 26.6 Å². The molecule has 168 valence electrons. The number of halogens is 3. The van der Waals surface area contributed by atoms with Gasteiger partial charge in [-0.2, -0.15) is 13.2 Å². The molecular weight excluding hydrogens is 411 g/mol. The number of hydrogen-bond acceptors (Lipinski definition) is 5. The van der Waals surface area contributed by atoms with Crippen LogP contribution in [0, 0.1) is 5.92 Å². The number of carbonyl (C=O) groups excluding carboxylic acids is 1. The van der Waals surface area contributed by atoms with Crippen LogP contribution in [-0.2, 0) is 27.1 Å². The van der Waals surface area contributed by atoms with E-state index in [1.807, 2.05) is 13.8 Å². The van der Waals surface area contributed by atoms with Gasteiger partial charge in [0, 0.05) is 12.2 Å². The third-order valence-electron chi connectivity index (χ3n) is 4.34. The Morgan fingerprint density at radius 1 is 1.13 bits per heavy atom. The first-order chi connectivity index (χ1) is 14.7. The van der Waals surface area contributed by atoms with Gasteiger partial charge < -0.3 is 19.5 Å². The summed E-state index contributed by atoms with van der Waals surface area (Å²) in [6.45, 7) is 4.19. The van der Waals surface area contributed by atoms with Crippen molar-refractivity contribution < 1.29 is 32.2 Å². The number of nitrogens with one attached hydrogen (secondary N) is 1. The van der Waals surface area contributed by atoms with E-state index in [2.05, 4.69) is 5.32 Å². The van der Waals surface area contributed by atoms with Crippen LogP contribution in [0.15, 0.2) is 48.7 Å². The second-order valence-electron chi connectivity index (χ2n) is 7.18. The highest BCUT2D eigenvalue weighted by Crippen LogP contribution is 2.37. The summed E-state index contributed by atoms with van der Waals surface area (Å²) in [5, 5.41) is 2.83. The molecule has 0 unspecified atom stereocenters. The molecule has 2 aromatic rings. The number of rotatable bonds is 9. The van der Waals surface area contributed by atoms with Crippen molar-refractivity contribution in [3.05, 3.63) is 65.4 Å². The lowest BCUT2D eigenvalue weighted by Crippen LogP contribution is -2.14. The average Bonchev–Trinajstić information content (AvgIpc) is 2.74. The van der Waals surface area contributed by atoms with Crippen LogP contribution >= 0.6 is 0 Å². The van der Waals surface area contributed by atoms with Crippen LogP contribution in [0.2, 0.25) is 0 Å². The molecule has 0 aliphatic heterocycles. The fourth-order valence-electron chi connectivity index (χ4n) is 2.84. The fourth-order valence-corrected chi connectivity index (χ4v) is 2.84. The molecule has 0 spiro atoms. The molecule has 0 aliphatic carbocycles. The predicted molar refractivity (Wildman–Crippen MR) is 113 cm³/mol. The van der Waals surface area contributed by atoms with Gasteiger partial charge in [-0.05, 0) is 35.2 Å². The summed E-state index contributed by atoms with van der Waals surface area (Å²) in [5.74, 6) is -0.348. The van der Waals surface area contributed by atoms with E-state index >= 15 is 0 Å². The third kappa shape index (κ3) is 6.67. The molecular formula is C23H26F3NO4. The van der Waals surface area contributed by atoms with E-state index in [1.54, 1.807) is 24.3 Å². The van der Waals surface area contributed by atoms with Gasteiger partial charge in [-0.3, -0.25) is 0 Å². The van der Waals surface area contributed by atoms with Crippen molar-refractivity contribution in [2.75, 3.05) is 26.1 Å². The summed E-state index contributed by atoms with van der Waals surface area (Å²) in [5.41, 5.74) is 0.473. The minimum Gasteiger partial charge on any atom is -0.503 e. The molecule has 31 heavy (non-hydrogen) atoms. The summed E-state index contributed by atoms with van der Waals surface area (Å²) in [7, 11) is 2.65. The first-order valence-electron chi connectivity index (χ1n) is 9.64. The standard InChI is InChI=1S/C23H26F3NO4/c1-15(2)12-27-21-10-9-17(11-20(21)23(24,25)26)31-13-16-7-5-6-8-18(16)19(14-29-3)22(28)30-4/h5-11,14-15,27H,12-13H2,1-4H3/b19-14+. The van der Waals surface area contributed by atoms with Crippen LogP contribution < -0.4 is 10.1 Å². The highest BCUT2D eigenvalue weighted by Gasteiger charge is 2.34. The van der Waals surface area contributed by atoms with E-state index in [0.29, 0.717) is 17.7 Å². The largest absolute Gasteiger partial charge is 0.503 e. The molecule has 0 bridgehead atoms. The number of ether oxygens (including phenoxy) is 3. The van der Waals surface area contributed by atoms with Gasteiger partial charge in [0.15, 0.2) is 0 Å². The summed E-state index contributed by atoms with van der Waals surface area (Å²) in [4.78, 5) is 12.1. The summed E-state index contributed by atoms with van der Waals surface area (Å²) in [6, 6.07) is 10.7. The fraction of sp³-hybridized carbons (Fsp3) is 0.348. The second-order valence-corrected chi connectivity index (χ2v) is 7.18. The summed E-state index contributed by atoms with van der Waals surface area (Å²) in [6.07, 6.45) is -3.28. The first kappa shape index (κ1) is 24.1. The Bertz CT molecular complexity index is 923. The topological polar surface area (TPSA) is 56.8 Å². The van der Waals surface area contributed by atoms with Gasteiger partial charge in [0.2, 0.25) is 0 Å². The van der Waals surface area contributed by atoms with E-state index in [9.17, 15) is 18.0 Å². The summed E-state index contributed by atoms with van der Waals surface area (Å²) >= 11 is 0. The Kier molecular flexibility index (Phi) is 8.36. The van der Waals surface area contributed by atoms with Crippen LogP contribution in [0.25, 0.3) is 5.57 Å². The first-order valence-corrected chi connectivity index (χ1v) is 9.64. The van der Waals surface area contributed by atoms with Gasteiger partial charge in [0.1, 0.15) is 17.9 Å². The average molecular weight is 437 g/mol. The molecule has 0 atom stereocenters. The lowest BCUT2D eigenvalue weighted by Gasteiger charge is -2.18. The Morgan fingerprint density at radius 2 is 1.84 bits per heavy atom. The van der Waals surface area contributed by atoms with E-state index in [4.69, 9.17) is 14.2 Å². The zero-order chi connectivity index (χ0) is 23.0. The number of benzene rings is 2. The van der Waals surface area contributed by atoms with Crippen LogP contribution in [-0.4, -0.2) is 26.7 Å². The van der Waals surface area contributed by atoms with Gasteiger partial charge in [-0.15, -0.1) is 0 Å². The van der Waals surface area contributed by atoms with Crippen LogP contribution in [0.5, 0.6) is 5.75 Å². The molecule has 0 radical (unpaired) electrons. The van der Waals surface area contributed by atoms with Gasteiger partial charge >= 0.3 is 12.1 Å². The van der Waals surface area contributed by atoms with Crippen LogP contribution in [0.3, 0.4) is 0 Å². The van der Waals surface area contributed by atoms with Crippen molar-refractivity contribution in [1.82, 2.24) is 0 Å². The van der Waals surface area contributed by atoms with Crippen molar-refractivity contribution >= 4 is 17.2 Å². The van der Waals surface area contributed by atoms with Gasteiger partial charge in [-0.1, -0.05) is 38.1 Å². The number of esters is 1. The van der Waals surface area contributed by atoms with Crippen LogP contribution in [0.1, 0.15) is 30.5 Å². The monoisotopic (exact) mass is 437 g/mol. The molecule has 0 aromatic heterocycles. The smallest absolute Gasteiger partial charge is 0.418 e. The van der Waals surface area contributed by atoms with Crippen LogP contribution in [0.4, 0.5) is 18.9 Å². The minimum absolute atomic E-state index is 0.00459. The maximum atomic E-state index is 13.5. The van der Waals surface area contributed by atoms with E-state index in [0.717, 1.165) is 6.07 Å². The molecule has 0 fully saturated rings. The van der Waals surface area contributed by atoms with E-state index in [1.165, 1.54) is 32.6 Å². The van der Waals surface area contributed by atoms with Crippen molar-refractivity contribution in [3.63, 3.8) is 0 Å². The number of alkyl halides is 3. The number of carbonyl (C=O) groups is 1. The minimum atomic E-state index is -4.53. The third-order valence-corrected chi connectivity index (χ3v) is 4.34. The Labute approximate surface area is 179 Å². The molecule has 0 aliphatic rings. The number of hydrogen-bond donors (Lipinski definition) is 1. The highest BCUT2D eigenvalue weighted by atomic mass is 19.4. The highest BCUT2D eigenvalue weighted by molar-refractivity contribution is 6.16. The predicted octanol–water partition coefficient (Wildman–Crippen LogP) is 5.51. The zero-order valence-corrected chi connectivity index (χ0v) is 17.9. The van der Waals surface area contributed by atoms with Crippen molar-refractivity contribution in [3.8, 4) is 5.75 Å². The van der Waals surface area contributed by atoms with E-state index < -0.39 is 17.7 Å². The maximum Gasteiger partial charge on any atom is 0.418 e. The maximum absolute atomic E-state index is 13.5. The van der Waals surface area contributed by atoms with Gasteiger partial charge in [0.25, 0.3) is 0 Å². The van der Waals surface area contributed by atoms with Crippen molar-refractivity contribution in [1.29, 1.82) is 0 Å². The Balaban J connectivity index is 2.29. The molecule has 5 nitrogen and oxygen atoms in total. The molecule has 0 heterocycles. The molecule has 8 heteroatoms. The summed E-state index contributed by atoms with van der Waals surface area (Å²) < 4.78 is 56.0. The Hall–Kier alpha value is -3.16. The SMILES string of the molecule is CO/C=C(/C(=O)OC)c1ccccc1COc1ccc(NCC(C)C)c(C(F)(F)F)c1.